The molecule has 0 amide bonds. The molecular formula is C25H20N2O3S. The Balaban J connectivity index is 1.31. The van der Waals surface area contributed by atoms with Crippen molar-refractivity contribution in [3.63, 3.8) is 0 Å². The highest BCUT2D eigenvalue weighted by Gasteiger charge is 2.13. The number of ether oxygens (including phenoxy) is 1. The highest BCUT2D eigenvalue weighted by atomic mass is 32.1. The third-order valence-electron chi connectivity index (χ3n) is 5.15. The zero-order valence-electron chi connectivity index (χ0n) is 16.6. The van der Waals surface area contributed by atoms with Crippen LogP contribution < -0.4 is 10.3 Å². The molecule has 5 aromatic rings. The first-order valence-corrected chi connectivity index (χ1v) is 10.8. The van der Waals surface area contributed by atoms with E-state index >= 15 is 0 Å². The molecule has 31 heavy (non-hydrogen) atoms. The van der Waals surface area contributed by atoms with E-state index in [1.54, 1.807) is 0 Å². The number of rotatable bonds is 6. The molecule has 0 bridgehead atoms. The van der Waals surface area contributed by atoms with Crippen molar-refractivity contribution in [3.05, 3.63) is 95.5 Å². The molecule has 2 aromatic heterocycles. The van der Waals surface area contributed by atoms with E-state index in [0.717, 1.165) is 21.2 Å². The number of thiophene rings is 1. The molecular weight excluding hydrogens is 408 g/mol. The molecule has 0 aliphatic heterocycles. The monoisotopic (exact) mass is 428 g/mol. The lowest BCUT2D eigenvalue weighted by molar-refractivity contribution is 0.0915. The molecule has 6 heteroatoms. The molecule has 3 aromatic carbocycles. The van der Waals surface area contributed by atoms with E-state index in [0.29, 0.717) is 16.0 Å². The van der Waals surface area contributed by atoms with Gasteiger partial charge in [-0.25, -0.2) is 4.98 Å². The summed E-state index contributed by atoms with van der Waals surface area (Å²) in [5.74, 6) is 0.684. The summed E-state index contributed by atoms with van der Waals surface area (Å²) in [7, 11) is 0. The molecule has 0 spiro atoms. The lowest BCUT2D eigenvalue weighted by atomic mass is 10.1. The van der Waals surface area contributed by atoms with Crippen molar-refractivity contribution < 1.29 is 9.84 Å². The number of aromatic nitrogens is 2. The molecule has 0 fully saturated rings. The normalized spacial score (nSPS) is 12.3. The summed E-state index contributed by atoms with van der Waals surface area (Å²) in [4.78, 5) is 19.0. The zero-order valence-corrected chi connectivity index (χ0v) is 17.5. The van der Waals surface area contributed by atoms with Crippen LogP contribution in [0.25, 0.3) is 31.4 Å². The fourth-order valence-electron chi connectivity index (χ4n) is 3.56. The van der Waals surface area contributed by atoms with Crippen LogP contribution in [-0.2, 0) is 6.54 Å². The Hall–Kier alpha value is -3.48. The Bertz CT molecular complexity index is 1410. The minimum absolute atomic E-state index is 0.0850. The van der Waals surface area contributed by atoms with Crippen LogP contribution in [0, 0.1) is 0 Å². The first-order chi connectivity index (χ1) is 15.2. The smallest absolute Gasteiger partial charge is 0.262 e. The van der Waals surface area contributed by atoms with Gasteiger partial charge < -0.3 is 9.84 Å². The highest BCUT2D eigenvalue weighted by molar-refractivity contribution is 7.21. The lowest BCUT2D eigenvalue weighted by Gasteiger charge is -2.14. The maximum atomic E-state index is 12.9. The summed E-state index contributed by atoms with van der Waals surface area (Å²) in [6.07, 6.45) is 0.658. The van der Waals surface area contributed by atoms with Crippen LogP contribution in [0.1, 0.15) is 0 Å². The van der Waals surface area contributed by atoms with Crippen LogP contribution >= 0.6 is 11.3 Å². The van der Waals surface area contributed by atoms with Gasteiger partial charge in [0.1, 0.15) is 23.3 Å². The number of aliphatic hydroxyl groups excluding tert-OH is 1. The second-order valence-corrected chi connectivity index (χ2v) is 8.40. The second-order valence-electron chi connectivity index (χ2n) is 7.37. The van der Waals surface area contributed by atoms with E-state index in [1.165, 1.54) is 22.2 Å². The molecule has 5 nitrogen and oxygen atoms in total. The molecule has 0 radical (unpaired) electrons. The van der Waals surface area contributed by atoms with Gasteiger partial charge in [-0.3, -0.25) is 9.36 Å². The van der Waals surface area contributed by atoms with Crippen LogP contribution in [0.5, 0.6) is 5.75 Å². The zero-order chi connectivity index (χ0) is 21.2. The van der Waals surface area contributed by atoms with Crippen molar-refractivity contribution in [2.75, 3.05) is 6.61 Å². The van der Waals surface area contributed by atoms with Crippen molar-refractivity contribution >= 4 is 32.3 Å². The third-order valence-corrected chi connectivity index (χ3v) is 6.24. The lowest BCUT2D eigenvalue weighted by Crippen LogP contribution is -2.30. The molecule has 0 saturated heterocycles. The fourth-order valence-corrected chi connectivity index (χ4v) is 4.56. The molecule has 5 rings (SSSR count). The van der Waals surface area contributed by atoms with Crippen LogP contribution in [-0.4, -0.2) is 27.4 Å². The van der Waals surface area contributed by atoms with Gasteiger partial charge >= 0.3 is 0 Å². The molecule has 154 valence electrons. The summed E-state index contributed by atoms with van der Waals surface area (Å²) in [6, 6.07) is 25.6. The Labute approximate surface area is 182 Å². The predicted molar refractivity (Wildman–Crippen MR) is 125 cm³/mol. The fraction of sp³-hybridized carbons (Fsp3) is 0.120. The van der Waals surface area contributed by atoms with E-state index in [-0.39, 0.29) is 18.7 Å². The molecule has 1 atom stereocenters. The van der Waals surface area contributed by atoms with Gasteiger partial charge in [-0.15, -0.1) is 11.3 Å². The van der Waals surface area contributed by atoms with Gasteiger partial charge in [0.05, 0.1) is 18.3 Å². The SMILES string of the molecule is O=c1c2cc(-c3ccccc3)sc2ncn1CC(O)COc1ccc2ccccc2c1. The first kappa shape index (κ1) is 19.5. The summed E-state index contributed by atoms with van der Waals surface area (Å²) in [5.41, 5.74) is 0.897. The van der Waals surface area contributed by atoms with Gasteiger partial charge in [0.15, 0.2) is 0 Å². The van der Waals surface area contributed by atoms with E-state index in [4.69, 9.17) is 4.74 Å². The van der Waals surface area contributed by atoms with Crippen LogP contribution in [0.15, 0.2) is 90.0 Å². The van der Waals surface area contributed by atoms with Crippen molar-refractivity contribution in [1.82, 2.24) is 9.55 Å². The van der Waals surface area contributed by atoms with Crippen molar-refractivity contribution in [3.8, 4) is 16.2 Å². The Morgan fingerprint density at radius 2 is 1.74 bits per heavy atom. The van der Waals surface area contributed by atoms with Crippen molar-refractivity contribution in [1.29, 1.82) is 0 Å². The average Bonchev–Trinajstić information content (AvgIpc) is 3.25. The Kier molecular flexibility index (Phi) is 5.24. The minimum Gasteiger partial charge on any atom is -0.491 e. The summed E-state index contributed by atoms with van der Waals surface area (Å²) in [6.45, 7) is 0.202. The number of nitrogens with zero attached hydrogens (tertiary/aromatic N) is 2. The quantitative estimate of drug-likeness (QED) is 0.425. The van der Waals surface area contributed by atoms with E-state index in [9.17, 15) is 9.90 Å². The summed E-state index contributed by atoms with van der Waals surface area (Å²) < 4.78 is 7.20. The molecule has 1 unspecified atom stereocenters. The first-order valence-electron chi connectivity index (χ1n) is 10.0. The number of hydrogen-bond acceptors (Lipinski definition) is 5. The van der Waals surface area contributed by atoms with Gasteiger partial charge in [0.2, 0.25) is 0 Å². The highest BCUT2D eigenvalue weighted by Crippen LogP contribution is 2.30. The number of aliphatic hydroxyl groups is 1. The van der Waals surface area contributed by atoms with Crippen LogP contribution in [0.3, 0.4) is 0 Å². The summed E-state index contributed by atoms with van der Waals surface area (Å²) in [5, 5.41) is 13.2. The number of benzene rings is 3. The number of fused-ring (bicyclic) bond motifs is 2. The third kappa shape index (κ3) is 4.08. The predicted octanol–water partition coefficient (Wildman–Crippen LogP) is 4.72. The molecule has 0 aliphatic carbocycles. The van der Waals surface area contributed by atoms with E-state index < -0.39 is 6.10 Å². The topological polar surface area (TPSA) is 64.4 Å². The maximum absolute atomic E-state index is 12.9. The number of hydrogen-bond donors (Lipinski definition) is 1. The minimum atomic E-state index is -0.837. The summed E-state index contributed by atoms with van der Waals surface area (Å²) >= 11 is 1.49. The van der Waals surface area contributed by atoms with E-state index in [1.807, 2.05) is 78.9 Å². The standard InChI is InChI=1S/C25H20N2O3S/c28-20(15-30-21-11-10-17-6-4-5-9-19(17)12-21)14-27-16-26-24-22(25(27)29)13-23(31-24)18-7-2-1-3-8-18/h1-13,16,20,28H,14-15H2. The second kappa shape index (κ2) is 8.34. The van der Waals surface area contributed by atoms with Gasteiger partial charge in [-0.05, 0) is 34.5 Å². The molecule has 1 N–H and O–H groups in total. The van der Waals surface area contributed by atoms with Gasteiger partial charge in [0.25, 0.3) is 5.56 Å². The Morgan fingerprint density at radius 3 is 2.58 bits per heavy atom. The average molecular weight is 429 g/mol. The van der Waals surface area contributed by atoms with Crippen molar-refractivity contribution in [2.24, 2.45) is 0 Å². The van der Waals surface area contributed by atoms with E-state index in [2.05, 4.69) is 4.98 Å². The Morgan fingerprint density at radius 1 is 0.968 bits per heavy atom. The largest absolute Gasteiger partial charge is 0.491 e. The molecule has 0 aliphatic rings. The van der Waals surface area contributed by atoms with Gasteiger partial charge in [-0.2, -0.15) is 0 Å². The molecule has 2 heterocycles. The van der Waals surface area contributed by atoms with Crippen molar-refractivity contribution in [2.45, 2.75) is 12.6 Å². The van der Waals surface area contributed by atoms with Gasteiger partial charge in [-0.1, -0.05) is 60.7 Å². The maximum Gasteiger partial charge on any atom is 0.262 e. The van der Waals surface area contributed by atoms with Crippen LogP contribution in [0.2, 0.25) is 0 Å². The van der Waals surface area contributed by atoms with Crippen LogP contribution in [0.4, 0.5) is 0 Å². The van der Waals surface area contributed by atoms with Gasteiger partial charge in [0, 0.05) is 4.88 Å². The molecule has 0 saturated carbocycles.